The van der Waals surface area contributed by atoms with Crippen molar-refractivity contribution in [3.05, 3.63) is 60.0 Å². The van der Waals surface area contributed by atoms with Gasteiger partial charge in [-0.3, -0.25) is 4.79 Å². The molecule has 0 saturated carbocycles. The molecule has 1 unspecified atom stereocenters. The molecule has 1 fully saturated rings. The lowest BCUT2D eigenvalue weighted by Crippen LogP contribution is -2.43. The number of sulfonamides is 1. The zero-order valence-corrected chi connectivity index (χ0v) is 20.1. The van der Waals surface area contributed by atoms with Crippen LogP contribution in [-0.2, 0) is 14.8 Å². The van der Waals surface area contributed by atoms with Gasteiger partial charge in [-0.1, -0.05) is 30.3 Å². The number of fused-ring (bicyclic) bond motifs is 1. The summed E-state index contributed by atoms with van der Waals surface area (Å²) in [5, 5.41) is 6.00. The van der Waals surface area contributed by atoms with Gasteiger partial charge < -0.3 is 14.5 Å². The summed E-state index contributed by atoms with van der Waals surface area (Å²) >= 11 is 1.29. The minimum absolute atomic E-state index is 0.144. The van der Waals surface area contributed by atoms with E-state index in [2.05, 4.69) is 10.3 Å². The average Bonchev–Trinajstić information content (AvgIpc) is 3.51. The number of carbonyl (C=O) groups is 1. The number of piperidine rings is 1. The number of furan rings is 1. The predicted octanol–water partition coefficient (Wildman–Crippen LogP) is 4.60. The second kappa shape index (κ2) is 9.21. The van der Waals surface area contributed by atoms with Gasteiger partial charge in [-0.05, 0) is 37.1 Å². The summed E-state index contributed by atoms with van der Waals surface area (Å²) < 4.78 is 38.6. The summed E-state index contributed by atoms with van der Waals surface area (Å²) in [7, 11) is -2.05. The zero-order chi connectivity index (χ0) is 23.7. The first-order valence-corrected chi connectivity index (χ1v) is 13.2. The number of ether oxygens (including phenoxy) is 1. The number of para-hydroxylation sites is 1. The number of anilines is 1. The maximum absolute atomic E-state index is 13.0. The molecule has 8 nitrogen and oxygen atoms in total. The lowest BCUT2D eigenvalue weighted by Gasteiger charge is -2.31. The minimum atomic E-state index is -3.63. The number of hydrogen-bond acceptors (Lipinski definition) is 7. The number of nitrogens with one attached hydrogen (secondary N) is 1. The van der Waals surface area contributed by atoms with Gasteiger partial charge in [-0.2, -0.15) is 4.31 Å². The van der Waals surface area contributed by atoms with Crippen LogP contribution in [0.5, 0.6) is 5.75 Å². The van der Waals surface area contributed by atoms with Gasteiger partial charge in [0.05, 0.1) is 17.9 Å². The van der Waals surface area contributed by atoms with E-state index in [0.717, 1.165) is 5.39 Å². The first-order chi connectivity index (χ1) is 16.5. The van der Waals surface area contributed by atoms with Crippen LogP contribution in [0.2, 0.25) is 0 Å². The number of nitrogens with zero attached hydrogens (tertiary/aromatic N) is 2. The molecule has 1 aliphatic rings. The molecule has 2 aromatic heterocycles. The van der Waals surface area contributed by atoms with Crippen molar-refractivity contribution in [2.24, 2.45) is 5.92 Å². The third-order valence-electron chi connectivity index (χ3n) is 5.85. The Morgan fingerprint density at radius 3 is 2.82 bits per heavy atom. The van der Waals surface area contributed by atoms with Crippen molar-refractivity contribution in [1.29, 1.82) is 0 Å². The van der Waals surface area contributed by atoms with Crippen LogP contribution < -0.4 is 10.1 Å². The molecule has 0 spiro atoms. The summed E-state index contributed by atoms with van der Waals surface area (Å²) in [5.74, 6) is 0.532. The van der Waals surface area contributed by atoms with Gasteiger partial charge >= 0.3 is 0 Å². The summed E-state index contributed by atoms with van der Waals surface area (Å²) in [6, 6.07) is 15.8. The quantitative estimate of drug-likeness (QED) is 0.418. The second-order valence-electron chi connectivity index (χ2n) is 8.03. The number of rotatable bonds is 6. The van der Waals surface area contributed by atoms with Gasteiger partial charge in [0.2, 0.25) is 15.9 Å². The van der Waals surface area contributed by atoms with Crippen LogP contribution in [0, 0.1) is 5.92 Å². The molecular weight excluding hydrogens is 474 g/mol. The summed E-state index contributed by atoms with van der Waals surface area (Å²) in [4.78, 5) is 17.7. The molecule has 3 heterocycles. The fourth-order valence-corrected chi connectivity index (χ4v) is 6.34. The fraction of sp³-hybridized carbons (Fsp3) is 0.250. The number of methoxy groups -OCH3 is 1. The van der Waals surface area contributed by atoms with Crippen molar-refractivity contribution in [2.75, 3.05) is 25.5 Å². The Morgan fingerprint density at radius 1 is 1.21 bits per heavy atom. The van der Waals surface area contributed by atoms with Crippen molar-refractivity contribution in [3.63, 3.8) is 0 Å². The fourth-order valence-electron chi connectivity index (χ4n) is 4.09. The second-order valence-corrected chi connectivity index (χ2v) is 10.8. The van der Waals surface area contributed by atoms with Crippen LogP contribution in [-0.4, -0.2) is 43.8 Å². The van der Waals surface area contributed by atoms with Gasteiger partial charge in [-0.15, -0.1) is 11.3 Å². The van der Waals surface area contributed by atoms with E-state index in [1.54, 1.807) is 37.4 Å². The maximum atomic E-state index is 13.0. The highest BCUT2D eigenvalue weighted by Gasteiger charge is 2.33. The topological polar surface area (TPSA) is 102 Å². The lowest BCUT2D eigenvalue weighted by molar-refractivity contribution is -0.120. The molecule has 4 aromatic rings. The number of amides is 1. The Balaban J connectivity index is 1.29. The Bertz CT molecular complexity index is 1430. The van der Waals surface area contributed by atoms with Gasteiger partial charge in [0, 0.05) is 23.9 Å². The monoisotopic (exact) mass is 497 g/mol. The van der Waals surface area contributed by atoms with E-state index in [0.29, 0.717) is 47.3 Å². The average molecular weight is 498 g/mol. The van der Waals surface area contributed by atoms with E-state index in [9.17, 15) is 13.2 Å². The number of hydrogen-bond donors (Lipinski definition) is 1. The minimum Gasteiger partial charge on any atom is -0.493 e. The molecule has 1 atom stereocenters. The largest absolute Gasteiger partial charge is 0.493 e. The van der Waals surface area contributed by atoms with Crippen LogP contribution >= 0.6 is 11.3 Å². The van der Waals surface area contributed by atoms with Crippen molar-refractivity contribution < 1.29 is 22.4 Å². The number of aromatic nitrogens is 1. The summed E-state index contributed by atoms with van der Waals surface area (Å²) in [5.41, 5.74) is 1.25. The van der Waals surface area contributed by atoms with E-state index in [4.69, 9.17) is 9.15 Å². The smallest absolute Gasteiger partial charge is 0.243 e. The van der Waals surface area contributed by atoms with Crippen LogP contribution in [0.1, 0.15) is 12.8 Å². The number of benzene rings is 2. The molecule has 2 aromatic carbocycles. The van der Waals surface area contributed by atoms with E-state index in [-0.39, 0.29) is 17.3 Å². The van der Waals surface area contributed by atoms with Crippen LogP contribution in [0.25, 0.3) is 22.4 Å². The SMILES string of the molecule is COc1cccc2cc(-c3csc(NC(=O)C4CCCN(S(=O)(=O)c5ccccc5)C4)n3)oc12. The highest BCUT2D eigenvalue weighted by Crippen LogP contribution is 2.34. The Morgan fingerprint density at radius 2 is 2.03 bits per heavy atom. The zero-order valence-electron chi connectivity index (χ0n) is 18.4. The molecule has 0 aliphatic carbocycles. The van der Waals surface area contributed by atoms with Gasteiger partial charge in [0.1, 0.15) is 5.69 Å². The van der Waals surface area contributed by atoms with Crippen LogP contribution in [0.4, 0.5) is 5.13 Å². The first kappa shape index (κ1) is 22.6. The van der Waals surface area contributed by atoms with Crippen molar-refractivity contribution in [1.82, 2.24) is 9.29 Å². The molecule has 1 saturated heterocycles. The van der Waals surface area contributed by atoms with Gasteiger partial charge in [0.15, 0.2) is 22.2 Å². The number of carbonyl (C=O) groups excluding carboxylic acids is 1. The maximum Gasteiger partial charge on any atom is 0.243 e. The van der Waals surface area contributed by atoms with E-state index in [1.807, 2.05) is 29.6 Å². The number of thiazole rings is 1. The normalized spacial score (nSPS) is 17.0. The van der Waals surface area contributed by atoms with Crippen LogP contribution in [0.3, 0.4) is 0 Å². The molecule has 1 amide bonds. The van der Waals surface area contributed by atoms with Gasteiger partial charge in [0.25, 0.3) is 0 Å². The van der Waals surface area contributed by atoms with Gasteiger partial charge in [-0.25, -0.2) is 13.4 Å². The highest BCUT2D eigenvalue weighted by molar-refractivity contribution is 7.89. The molecule has 34 heavy (non-hydrogen) atoms. The summed E-state index contributed by atoms with van der Waals surface area (Å²) in [6.07, 6.45) is 1.24. The predicted molar refractivity (Wildman–Crippen MR) is 130 cm³/mol. The molecule has 0 bridgehead atoms. The molecule has 1 aliphatic heterocycles. The third kappa shape index (κ3) is 4.31. The Labute approximate surface area is 201 Å². The molecular formula is C24H23N3O5S2. The first-order valence-electron chi connectivity index (χ1n) is 10.8. The molecule has 10 heteroatoms. The van der Waals surface area contributed by atoms with Crippen molar-refractivity contribution in [3.8, 4) is 17.2 Å². The molecule has 0 radical (unpaired) electrons. The van der Waals surface area contributed by atoms with E-state index >= 15 is 0 Å². The van der Waals surface area contributed by atoms with Crippen molar-refractivity contribution in [2.45, 2.75) is 17.7 Å². The molecule has 5 rings (SSSR count). The van der Waals surface area contributed by atoms with Crippen LogP contribution in [0.15, 0.2) is 69.3 Å². The molecule has 176 valence electrons. The Hall–Kier alpha value is -3.21. The van der Waals surface area contributed by atoms with E-state index < -0.39 is 15.9 Å². The highest BCUT2D eigenvalue weighted by atomic mass is 32.2. The van der Waals surface area contributed by atoms with E-state index in [1.165, 1.54) is 15.6 Å². The lowest BCUT2D eigenvalue weighted by atomic mass is 9.99. The summed E-state index contributed by atoms with van der Waals surface area (Å²) in [6.45, 7) is 0.544. The van der Waals surface area contributed by atoms with Crippen molar-refractivity contribution >= 4 is 43.4 Å². The third-order valence-corrected chi connectivity index (χ3v) is 8.49. The standard InChI is InChI=1S/C24H23N3O5S2/c1-31-20-11-5-7-16-13-21(32-22(16)20)19-15-33-24(25-19)26-23(28)17-8-6-12-27(14-17)34(29,30)18-9-3-2-4-10-18/h2-5,7,9-11,13,15,17H,6,8,12,14H2,1H3,(H,25,26,28). The molecule has 1 N–H and O–H groups in total. The Kier molecular flexibility index (Phi) is 6.11.